The highest BCUT2D eigenvalue weighted by atomic mass is 16.2. The summed E-state index contributed by atoms with van der Waals surface area (Å²) in [5, 5.41) is 8.33. The van der Waals surface area contributed by atoms with E-state index in [9.17, 15) is 14.4 Å². The SMILES string of the molecule is CCc1ccccc1NC(=O)CNC(=O)C[NH+](CC)CC(=O)NC(C)(C)C. The Kier molecular flexibility index (Phi) is 8.94. The van der Waals surface area contributed by atoms with Crippen LogP contribution in [0.4, 0.5) is 5.69 Å². The molecule has 7 heteroatoms. The number of anilines is 1. The number of carbonyl (C=O) groups is 3. The third-order valence-electron chi connectivity index (χ3n) is 3.95. The van der Waals surface area contributed by atoms with E-state index >= 15 is 0 Å². The quantitative estimate of drug-likeness (QED) is 0.493. The van der Waals surface area contributed by atoms with Crippen molar-refractivity contribution in [3.8, 4) is 0 Å². The number of hydrogen-bond acceptors (Lipinski definition) is 3. The van der Waals surface area contributed by atoms with Gasteiger partial charge in [0.05, 0.1) is 13.1 Å². The van der Waals surface area contributed by atoms with Crippen molar-refractivity contribution >= 4 is 23.4 Å². The Hall–Kier alpha value is -2.41. The maximum Gasteiger partial charge on any atom is 0.275 e. The van der Waals surface area contributed by atoms with Crippen molar-refractivity contribution in [3.63, 3.8) is 0 Å². The summed E-state index contributed by atoms with van der Waals surface area (Å²) in [6.45, 7) is 10.6. The van der Waals surface area contributed by atoms with Crippen molar-refractivity contribution in [2.24, 2.45) is 0 Å². The Balaban J connectivity index is 2.44. The van der Waals surface area contributed by atoms with Crippen LogP contribution in [0.1, 0.15) is 40.2 Å². The fourth-order valence-electron chi connectivity index (χ4n) is 2.62. The smallest absolute Gasteiger partial charge is 0.275 e. The van der Waals surface area contributed by atoms with Crippen LogP contribution >= 0.6 is 0 Å². The lowest BCUT2D eigenvalue weighted by Gasteiger charge is -2.23. The molecule has 1 rings (SSSR count). The van der Waals surface area contributed by atoms with E-state index in [-0.39, 0.29) is 42.9 Å². The van der Waals surface area contributed by atoms with Crippen molar-refractivity contribution in [1.82, 2.24) is 10.6 Å². The first-order valence-electron chi connectivity index (χ1n) is 9.43. The molecule has 0 spiro atoms. The standard InChI is InChI=1S/C20H32N4O3/c1-6-15-10-8-9-11-16(15)22-17(25)12-21-18(26)13-24(7-2)14-19(27)23-20(3,4)5/h8-11H,6-7,12-14H2,1-5H3,(H,21,26)(H,22,25)(H,23,27)/p+1. The molecule has 0 heterocycles. The molecule has 0 radical (unpaired) electrons. The van der Waals surface area contributed by atoms with Gasteiger partial charge in [0, 0.05) is 11.2 Å². The zero-order valence-electron chi connectivity index (χ0n) is 17.1. The molecule has 1 atom stereocenters. The fourth-order valence-corrected chi connectivity index (χ4v) is 2.62. The number of hydrogen-bond donors (Lipinski definition) is 4. The summed E-state index contributed by atoms with van der Waals surface area (Å²) >= 11 is 0. The van der Waals surface area contributed by atoms with E-state index in [4.69, 9.17) is 0 Å². The minimum atomic E-state index is -0.301. The van der Waals surface area contributed by atoms with Gasteiger partial charge in [-0.25, -0.2) is 0 Å². The minimum absolute atomic E-state index is 0.0952. The number of amides is 3. The second kappa shape index (κ2) is 10.7. The first-order valence-corrected chi connectivity index (χ1v) is 9.43. The average Bonchev–Trinajstić information content (AvgIpc) is 2.58. The molecule has 0 fully saturated rings. The Bertz CT molecular complexity index is 653. The number of quaternary nitrogens is 1. The molecule has 0 aliphatic carbocycles. The molecule has 1 unspecified atom stereocenters. The minimum Gasteiger partial charge on any atom is -0.347 e. The van der Waals surface area contributed by atoms with Gasteiger partial charge in [0.1, 0.15) is 0 Å². The number of aryl methyl sites for hydroxylation is 1. The molecule has 0 aromatic heterocycles. The maximum absolute atomic E-state index is 12.1. The van der Waals surface area contributed by atoms with E-state index in [1.807, 2.05) is 58.9 Å². The molecule has 27 heavy (non-hydrogen) atoms. The van der Waals surface area contributed by atoms with E-state index in [2.05, 4.69) is 16.0 Å². The lowest BCUT2D eigenvalue weighted by atomic mass is 10.1. The zero-order chi connectivity index (χ0) is 20.4. The first-order chi connectivity index (χ1) is 12.6. The second-order valence-electron chi connectivity index (χ2n) is 7.59. The highest BCUT2D eigenvalue weighted by Crippen LogP contribution is 2.14. The van der Waals surface area contributed by atoms with Crippen molar-refractivity contribution in [3.05, 3.63) is 29.8 Å². The predicted octanol–water partition coefficient (Wildman–Crippen LogP) is 0.123. The van der Waals surface area contributed by atoms with Crippen LogP contribution in [0, 0.1) is 0 Å². The summed E-state index contributed by atoms with van der Waals surface area (Å²) in [7, 11) is 0. The van der Waals surface area contributed by atoms with Crippen LogP contribution in [0.3, 0.4) is 0 Å². The molecule has 1 aromatic carbocycles. The molecule has 0 saturated heterocycles. The van der Waals surface area contributed by atoms with Gasteiger partial charge in [0.2, 0.25) is 5.91 Å². The van der Waals surface area contributed by atoms with Gasteiger partial charge < -0.3 is 20.9 Å². The number of likely N-dealkylation sites (N-methyl/N-ethyl adjacent to an activating group) is 1. The summed E-state index contributed by atoms with van der Waals surface area (Å²) < 4.78 is 0. The summed E-state index contributed by atoms with van der Waals surface area (Å²) in [5.41, 5.74) is 1.51. The topological polar surface area (TPSA) is 91.7 Å². The van der Waals surface area contributed by atoms with Gasteiger partial charge in [-0.2, -0.15) is 0 Å². The number of carbonyl (C=O) groups excluding carboxylic acids is 3. The lowest BCUT2D eigenvalue weighted by Crippen LogP contribution is -3.14. The lowest BCUT2D eigenvalue weighted by molar-refractivity contribution is -0.881. The number of para-hydroxylation sites is 1. The Labute approximate surface area is 161 Å². The second-order valence-corrected chi connectivity index (χ2v) is 7.59. The Morgan fingerprint density at radius 3 is 2.19 bits per heavy atom. The van der Waals surface area contributed by atoms with Crippen LogP contribution in [0.5, 0.6) is 0 Å². The molecule has 150 valence electrons. The van der Waals surface area contributed by atoms with Gasteiger partial charge in [-0.15, -0.1) is 0 Å². The monoisotopic (exact) mass is 377 g/mol. The molecular weight excluding hydrogens is 344 g/mol. The fraction of sp³-hybridized carbons (Fsp3) is 0.550. The maximum atomic E-state index is 12.1. The van der Waals surface area contributed by atoms with E-state index in [0.29, 0.717) is 6.54 Å². The van der Waals surface area contributed by atoms with Gasteiger partial charge >= 0.3 is 0 Å². The van der Waals surface area contributed by atoms with E-state index in [0.717, 1.165) is 22.6 Å². The summed E-state index contributed by atoms with van der Waals surface area (Å²) in [6, 6.07) is 7.58. The number of nitrogens with one attached hydrogen (secondary N) is 4. The zero-order valence-corrected chi connectivity index (χ0v) is 17.1. The highest BCUT2D eigenvalue weighted by molar-refractivity contribution is 5.95. The third-order valence-corrected chi connectivity index (χ3v) is 3.95. The highest BCUT2D eigenvalue weighted by Gasteiger charge is 2.20. The molecule has 0 aliphatic heterocycles. The Morgan fingerprint density at radius 1 is 0.963 bits per heavy atom. The summed E-state index contributed by atoms with van der Waals surface area (Å²) in [6.07, 6.45) is 0.814. The number of rotatable bonds is 9. The van der Waals surface area contributed by atoms with Crippen LogP contribution in [-0.4, -0.2) is 49.4 Å². The van der Waals surface area contributed by atoms with Crippen molar-refractivity contribution in [2.45, 2.75) is 46.6 Å². The molecule has 0 saturated carbocycles. The molecular formula is C20H33N4O3+. The van der Waals surface area contributed by atoms with Crippen molar-refractivity contribution in [2.75, 3.05) is 31.5 Å². The molecule has 7 nitrogen and oxygen atoms in total. The molecule has 3 amide bonds. The summed E-state index contributed by atoms with van der Waals surface area (Å²) in [5.74, 6) is -0.622. The van der Waals surface area contributed by atoms with Crippen molar-refractivity contribution in [1.29, 1.82) is 0 Å². The molecule has 4 N–H and O–H groups in total. The van der Waals surface area contributed by atoms with E-state index in [1.54, 1.807) is 0 Å². The van der Waals surface area contributed by atoms with E-state index < -0.39 is 0 Å². The van der Waals surface area contributed by atoms with Gasteiger partial charge in [0.15, 0.2) is 13.1 Å². The number of benzene rings is 1. The largest absolute Gasteiger partial charge is 0.347 e. The third kappa shape index (κ3) is 9.19. The summed E-state index contributed by atoms with van der Waals surface area (Å²) in [4.78, 5) is 37.0. The first kappa shape index (κ1) is 22.6. The van der Waals surface area contributed by atoms with Crippen molar-refractivity contribution < 1.29 is 19.3 Å². The molecule has 1 aromatic rings. The van der Waals surface area contributed by atoms with Crippen LogP contribution in [0.2, 0.25) is 0 Å². The molecule has 0 bridgehead atoms. The van der Waals surface area contributed by atoms with Crippen LogP contribution in [-0.2, 0) is 20.8 Å². The van der Waals surface area contributed by atoms with Crippen LogP contribution in [0.25, 0.3) is 0 Å². The van der Waals surface area contributed by atoms with Gasteiger partial charge in [-0.3, -0.25) is 14.4 Å². The van der Waals surface area contributed by atoms with E-state index in [1.165, 1.54) is 0 Å². The van der Waals surface area contributed by atoms with Gasteiger partial charge in [0.25, 0.3) is 11.8 Å². The van der Waals surface area contributed by atoms with Gasteiger partial charge in [-0.05, 0) is 45.7 Å². The van der Waals surface area contributed by atoms with Crippen LogP contribution in [0.15, 0.2) is 24.3 Å². The normalized spacial score (nSPS) is 12.2. The predicted molar refractivity (Wildman–Crippen MR) is 107 cm³/mol. The molecule has 0 aliphatic rings. The average molecular weight is 378 g/mol. The van der Waals surface area contributed by atoms with Crippen LogP contribution < -0.4 is 20.9 Å². The van der Waals surface area contributed by atoms with Gasteiger partial charge in [-0.1, -0.05) is 25.1 Å². The Morgan fingerprint density at radius 2 is 1.59 bits per heavy atom.